The zero-order chi connectivity index (χ0) is 20.2. The molecule has 3 aromatic heterocycles. The number of halogens is 2. The van der Waals surface area contributed by atoms with Crippen LogP contribution in [0.2, 0.25) is 5.02 Å². The van der Waals surface area contributed by atoms with E-state index in [2.05, 4.69) is 31.5 Å². The summed E-state index contributed by atoms with van der Waals surface area (Å²) in [5.41, 5.74) is 5.05. The van der Waals surface area contributed by atoms with E-state index in [9.17, 15) is 4.39 Å². The maximum Gasteiger partial charge on any atom is 0.132 e. The zero-order valence-electron chi connectivity index (χ0n) is 15.9. The van der Waals surface area contributed by atoms with Crippen molar-refractivity contribution in [3.8, 4) is 22.5 Å². The molecule has 150 valence electrons. The van der Waals surface area contributed by atoms with Gasteiger partial charge in [0.1, 0.15) is 5.82 Å². The number of H-pyrrole nitrogens is 1. The van der Waals surface area contributed by atoms with Crippen LogP contribution in [0.5, 0.6) is 0 Å². The number of pyridine rings is 2. The minimum absolute atomic E-state index is 0.365. The van der Waals surface area contributed by atoms with Gasteiger partial charge < -0.3 is 10.2 Å². The molecule has 2 unspecified atom stereocenters. The molecule has 0 radical (unpaired) electrons. The van der Waals surface area contributed by atoms with Gasteiger partial charge in [-0.05, 0) is 36.4 Å². The predicted molar refractivity (Wildman–Crippen MR) is 115 cm³/mol. The Morgan fingerprint density at radius 3 is 2.87 bits per heavy atom. The van der Waals surface area contributed by atoms with Crippen LogP contribution in [0.1, 0.15) is 0 Å². The predicted octanol–water partition coefficient (Wildman–Crippen LogP) is 3.89. The third-order valence-electron chi connectivity index (χ3n) is 6.10. The molecule has 0 aliphatic carbocycles. The van der Waals surface area contributed by atoms with Gasteiger partial charge in [-0.3, -0.25) is 10.1 Å². The second kappa shape index (κ2) is 6.75. The Kier molecular flexibility index (Phi) is 4.01. The van der Waals surface area contributed by atoms with Crippen LogP contribution in [0, 0.1) is 11.7 Å². The molecular formula is C22H18ClFN6. The molecular weight excluding hydrogens is 403 g/mol. The van der Waals surface area contributed by atoms with Crippen LogP contribution in [0.4, 0.5) is 10.1 Å². The van der Waals surface area contributed by atoms with Gasteiger partial charge in [-0.15, -0.1) is 0 Å². The van der Waals surface area contributed by atoms with E-state index in [0.717, 1.165) is 42.3 Å². The smallest absolute Gasteiger partial charge is 0.132 e. The first-order valence-corrected chi connectivity index (χ1v) is 10.3. The number of benzene rings is 1. The lowest BCUT2D eigenvalue weighted by Gasteiger charge is -2.45. The van der Waals surface area contributed by atoms with Gasteiger partial charge >= 0.3 is 0 Å². The van der Waals surface area contributed by atoms with Crippen molar-refractivity contribution in [2.24, 2.45) is 5.92 Å². The summed E-state index contributed by atoms with van der Waals surface area (Å²) in [4.78, 5) is 11.8. The van der Waals surface area contributed by atoms with Crippen molar-refractivity contribution in [1.29, 1.82) is 0 Å². The summed E-state index contributed by atoms with van der Waals surface area (Å²) < 4.78 is 14.4. The molecule has 2 aliphatic heterocycles. The Labute approximate surface area is 177 Å². The first kappa shape index (κ1) is 17.8. The largest absolute Gasteiger partial charge is 0.365 e. The summed E-state index contributed by atoms with van der Waals surface area (Å²) in [7, 11) is 0. The minimum atomic E-state index is -0.368. The van der Waals surface area contributed by atoms with Crippen LogP contribution in [0.3, 0.4) is 0 Å². The molecule has 2 fully saturated rings. The lowest BCUT2D eigenvalue weighted by Crippen LogP contribution is -2.55. The van der Waals surface area contributed by atoms with Gasteiger partial charge in [-0.2, -0.15) is 5.10 Å². The van der Waals surface area contributed by atoms with Gasteiger partial charge in [0.2, 0.25) is 0 Å². The number of anilines is 1. The normalized spacial score (nSPS) is 20.4. The molecule has 6 rings (SSSR count). The molecule has 0 spiro atoms. The van der Waals surface area contributed by atoms with E-state index in [-0.39, 0.29) is 5.82 Å². The lowest BCUT2D eigenvalue weighted by atomic mass is 9.91. The van der Waals surface area contributed by atoms with Gasteiger partial charge in [-0.1, -0.05) is 11.6 Å². The van der Waals surface area contributed by atoms with Crippen molar-refractivity contribution >= 4 is 28.3 Å². The second-order valence-electron chi connectivity index (χ2n) is 7.85. The van der Waals surface area contributed by atoms with Crippen molar-refractivity contribution < 1.29 is 4.39 Å². The van der Waals surface area contributed by atoms with Gasteiger partial charge in [0, 0.05) is 47.7 Å². The van der Waals surface area contributed by atoms with Crippen molar-refractivity contribution in [3.05, 3.63) is 59.6 Å². The summed E-state index contributed by atoms with van der Waals surface area (Å²) in [6, 6.07) is 10.9. The Hall–Kier alpha value is -3.03. The molecule has 8 heteroatoms. The zero-order valence-corrected chi connectivity index (χ0v) is 16.7. The van der Waals surface area contributed by atoms with E-state index < -0.39 is 0 Å². The van der Waals surface area contributed by atoms with Crippen LogP contribution >= 0.6 is 11.6 Å². The molecule has 0 bridgehead atoms. The molecule has 5 heterocycles. The summed E-state index contributed by atoms with van der Waals surface area (Å²) in [5.74, 6) is 0.355. The fourth-order valence-electron chi connectivity index (χ4n) is 4.49. The maximum atomic E-state index is 14.4. The number of nitrogens with zero attached hydrogens (tertiary/aromatic N) is 4. The molecule has 30 heavy (non-hydrogen) atoms. The molecule has 2 saturated heterocycles. The third kappa shape index (κ3) is 2.77. The Bertz CT molecular complexity index is 1270. The number of rotatable bonds is 3. The highest BCUT2D eigenvalue weighted by Gasteiger charge is 2.42. The first-order valence-electron chi connectivity index (χ1n) is 9.91. The molecule has 0 amide bonds. The van der Waals surface area contributed by atoms with Crippen molar-refractivity contribution in [1.82, 2.24) is 25.5 Å². The number of fused-ring (bicyclic) bond motifs is 2. The van der Waals surface area contributed by atoms with Gasteiger partial charge in [0.25, 0.3) is 0 Å². The number of hydrogen-bond donors (Lipinski definition) is 2. The fraction of sp³-hybridized carbons (Fsp3) is 0.227. The van der Waals surface area contributed by atoms with Crippen molar-refractivity contribution in [2.45, 2.75) is 6.04 Å². The highest BCUT2D eigenvalue weighted by molar-refractivity contribution is 6.30. The minimum Gasteiger partial charge on any atom is -0.365 e. The van der Waals surface area contributed by atoms with E-state index in [4.69, 9.17) is 16.6 Å². The fourth-order valence-corrected chi connectivity index (χ4v) is 4.67. The molecule has 0 saturated carbocycles. The van der Waals surface area contributed by atoms with E-state index in [1.54, 1.807) is 12.3 Å². The van der Waals surface area contributed by atoms with E-state index in [1.165, 1.54) is 12.1 Å². The quantitative estimate of drug-likeness (QED) is 0.526. The Morgan fingerprint density at radius 2 is 1.97 bits per heavy atom. The number of hydrogen-bond acceptors (Lipinski definition) is 5. The van der Waals surface area contributed by atoms with Crippen molar-refractivity contribution in [2.75, 3.05) is 24.5 Å². The van der Waals surface area contributed by atoms with Gasteiger partial charge in [0.05, 0.1) is 40.5 Å². The highest BCUT2D eigenvalue weighted by Crippen LogP contribution is 2.35. The molecule has 2 atom stereocenters. The van der Waals surface area contributed by atoms with Crippen LogP contribution in [-0.2, 0) is 0 Å². The lowest BCUT2D eigenvalue weighted by molar-refractivity contribution is 0.365. The maximum absolute atomic E-state index is 14.4. The molecule has 2 N–H and O–H groups in total. The van der Waals surface area contributed by atoms with E-state index in [0.29, 0.717) is 33.6 Å². The van der Waals surface area contributed by atoms with Crippen LogP contribution in [0.25, 0.3) is 33.5 Å². The first-order chi connectivity index (χ1) is 14.7. The highest BCUT2D eigenvalue weighted by atomic mass is 35.5. The molecule has 4 aromatic rings. The number of nitrogens with one attached hydrogen (secondary N) is 2. The summed E-state index contributed by atoms with van der Waals surface area (Å²) in [6.07, 6.45) is 3.58. The summed E-state index contributed by atoms with van der Waals surface area (Å²) >= 11 is 6.08. The summed E-state index contributed by atoms with van der Waals surface area (Å²) in [5, 5.41) is 10.9. The number of aromatic nitrogens is 4. The van der Waals surface area contributed by atoms with E-state index in [1.807, 2.05) is 18.3 Å². The second-order valence-corrected chi connectivity index (χ2v) is 8.29. The topological polar surface area (TPSA) is 69.7 Å². The van der Waals surface area contributed by atoms with Gasteiger partial charge in [-0.25, -0.2) is 9.37 Å². The van der Waals surface area contributed by atoms with Crippen LogP contribution in [-0.4, -0.2) is 45.8 Å². The molecule has 1 aromatic carbocycles. The average molecular weight is 421 g/mol. The molecule has 2 aliphatic rings. The van der Waals surface area contributed by atoms with Crippen LogP contribution < -0.4 is 10.2 Å². The SMILES string of the molecule is Fc1ccc(Cl)cc1-c1[nH]ncc1-c1ccc2ncc(N3CC4CNCC43)cc2n1. The van der Waals surface area contributed by atoms with Crippen molar-refractivity contribution in [3.63, 3.8) is 0 Å². The number of aromatic amines is 1. The van der Waals surface area contributed by atoms with E-state index >= 15 is 0 Å². The average Bonchev–Trinajstić information content (AvgIpc) is 3.36. The standard InChI is InChI=1S/C22H18ClFN6/c23-13-1-2-17(24)15(5-13)22-16(9-27-29-22)18-3-4-19-20(28-18)6-14(8-26-19)30-11-12-7-25-10-21(12)30/h1-6,8-9,12,21,25H,7,10-11H2,(H,27,29). The van der Waals surface area contributed by atoms with Gasteiger partial charge in [0.15, 0.2) is 0 Å². The molecule has 6 nitrogen and oxygen atoms in total. The summed E-state index contributed by atoms with van der Waals surface area (Å²) in [6.45, 7) is 3.15. The Morgan fingerprint density at radius 1 is 1.03 bits per heavy atom. The monoisotopic (exact) mass is 420 g/mol. The van der Waals surface area contributed by atoms with Crippen LogP contribution in [0.15, 0.2) is 48.8 Å². The Balaban J connectivity index is 1.41. The third-order valence-corrected chi connectivity index (χ3v) is 6.34.